The summed E-state index contributed by atoms with van der Waals surface area (Å²) >= 11 is 0. The van der Waals surface area contributed by atoms with Crippen LogP contribution >= 0.6 is 0 Å². The molecule has 0 bridgehead atoms. The van der Waals surface area contributed by atoms with E-state index in [1.807, 2.05) is 0 Å². The molecular formula is C21H12FN5O2. The summed E-state index contributed by atoms with van der Waals surface area (Å²) in [7, 11) is 0. The summed E-state index contributed by atoms with van der Waals surface area (Å²) in [5.41, 5.74) is 1.78. The zero-order valence-corrected chi connectivity index (χ0v) is 14.8. The zero-order valence-electron chi connectivity index (χ0n) is 14.8. The van der Waals surface area contributed by atoms with Crippen LogP contribution in [0, 0.1) is 5.82 Å². The fourth-order valence-corrected chi connectivity index (χ4v) is 3.13. The molecule has 0 saturated carbocycles. The summed E-state index contributed by atoms with van der Waals surface area (Å²) in [6.45, 7) is 0. The number of rotatable bonds is 3. The number of aromatic amines is 1. The predicted molar refractivity (Wildman–Crippen MR) is 107 cm³/mol. The number of aromatic nitrogens is 4. The molecule has 0 atom stereocenters. The molecule has 5 rings (SSSR count). The van der Waals surface area contributed by atoms with E-state index in [0.29, 0.717) is 33.5 Å². The van der Waals surface area contributed by atoms with Crippen LogP contribution in [-0.2, 0) is 0 Å². The average Bonchev–Trinajstić information content (AvgIpc) is 3.22. The Labute approximate surface area is 162 Å². The number of imidazole rings is 1. The van der Waals surface area contributed by atoms with Crippen LogP contribution in [0.5, 0.6) is 0 Å². The van der Waals surface area contributed by atoms with E-state index in [-0.39, 0.29) is 16.8 Å². The molecule has 3 aromatic heterocycles. The van der Waals surface area contributed by atoms with E-state index in [0.717, 1.165) is 0 Å². The maximum absolute atomic E-state index is 13.8. The second-order valence-electron chi connectivity index (χ2n) is 6.23. The maximum atomic E-state index is 13.8. The van der Waals surface area contributed by atoms with Crippen LogP contribution in [0.25, 0.3) is 33.3 Å². The number of nitrogens with zero attached hydrogens (tertiary/aromatic N) is 4. The number of fused-ring (bicyclic) bond motifs is 2. The second kappa shape index (κ2) is 6.75. The van der Waals surface area contributed by atoms with Gasteiger partial charge < -0.3 is 9.40 Å². The van der Waals surface area contributed by atoms with Crippen LogP contribution in [-0.4, -0.2) is 26.2 Å². The molecule has 0 aliphatic rings. The van der Waals surface area contributed by atoms with Gasteiger partial charge in [0.15, 0.2) is 22.7 Å². The second-order valence-corrected chi connectivity index (χ2v) is 6.23. The third kappa shape index (κ3) is 2.96. The summed E-state index contributed by atoms with van der Waals surface area (Å²) in [5.74, 6) is 0.0610. The summed E-state index contributed by atoms with van der Waals surface area (Å²) in [5, 5.41) is 0.403. The van der Waals surface area contributed by atoms with Crippen molar-refractivity contribution in [1.82, 2.24) is 19.9 Å². The highest BCUT2D eigenvalue weighted by Crippen LogP contribution is 2.25. The van der Waals surface area contributed by atoms with Crippen molar-refractivity contribution in [1.29, 1.82) is 0 Å². The summed E-state index contributed by atoms with van der Waals surface area (Å²) in [6.07, 6.45) is 4.24. The van der Waals surface area contributed by atoms with E-state index < -0.39 is 5.82 Å². The molecule has 0 aliphatic carbocycles. The van der Waals surface area contributed by atoms with Crippen molar-refractivity contribution in [2.24, 2.45) is 4.99 Å². The van der Waals surface area contributed by atoms with Crippen molar-refractivity contribution < 1.29 is 8.81 Å². The number of H-pyrrole nitrogens is 1. The third-order valence-corrected chi connectivity index (χ3v) is 4.44. The van der Waals surface area contributed by atoms with E-state index >= 15 is 0 Å². The first-order chi connectivity index (χ1) is 14.2. The van der Waals surface area contributed by atoms with Gasteiger partial charge in [-0.1, -0.05) is 24.3 Å². The van der Waals surface area contributed by atoms with Gasteiger partial charge in [-0.25, -0.2) is 24.3 Å². The van der Waals surface area contributed by atoms with Crippen molar-refractivity contribution >= 4 is 34.2 Å². The SMILES string of the molecule is O=c1c(-c2cccc(F)c2)c(/C=N/c2ncnc3[nH]cnc23)oc2ccccc12. The molecule has 0 saturated heterocycles. The first-order valence-corrected chi connectivity index (χ1v) is 8.70. The largest absolute Gasteiger partial charge is 0.454 e. The zero-order chi connectivity index (χ0) is 19.8. The standard InChI is InChI=1S/C21H12FN5O2/c22-13-5-3-4-12(8-13)17-16(29-15-7-2-1-6-14(15)19(17)28)9-23-20-18-21(25-10-24-18)27-11-26-20/h1-11H,(H,24,25,26,27)/b23-9+. The Kier molecular flexibility index (Phi) is 3.94. The van der Waals surface area contributed by atoms with Crippen molar-refractivity contribution in [2.75, 3.05) is 0 Å². The maximum Gasteiger partial charge on any atom is 0.201 e. The van der Waals surface area contributed by atoms with E-state index in [1.54, 1.807) is 30.3 Å². The van der Waals surface area contributed by atoms with Crippen LogP contribution in [0.1, 0.15) is 5.76 Å². The van der Waals surface area contributed by atoms with Crippen LogP contribution < -0.4 is 5.43 Å². The lowest BCUT2D eigenvalue weighted by Gasteiger charge is -2.07. The molecule has 2 aromatic carbocycles. The third-order valence-electron chi connectivity index (χ3n) is 4.44. The van der Waals surface area contributed by atoms with Gasteiger partial charge in [0, 0.05) is 0 Å². The van der Waals surface area contributed by atoms with Gasteiger partial charge in [-0.05, 0) is 29.8 Å². The van der Waals surface area contributed by atoms with Gasteiger partial charge in [-0.15, -0.1) is 0 Å². The smallest absolute Gasteiger partial charge is 0.201 e. The lowest BCUT2D eigenvalue weighted by atomic mass is 10.0. The van der Waals surface area contributed by atoms with Crippen molar-refractivity contribution in [2.45, 2.75) is 0 Å². The fourth-order valence-electron chi connectivity index (χ4n) is 3.13. The summed E-state index contributed by atoms with van der Waals surface area (Å²) in [6, 6.07) is 12.7. The lowest BCUT2D eigenvalue weighted by Crippen LogP contribution is -2.09. The predicted octanol–water partition coefficient (Wildman–Crippen LogP) is 4.02. The Morgan fingerprint density at radius 2 is 1.97 bits per heavy atom. The fraction of sp³-hybridized carbons (Fsp3) is 0. The molecule has 3 heterocycles. The molecule has 29 heavy (non-hydrogen) atoms. The van der Waals surface area contributed by atoms with Gasteiger partial charge in [0.05, 0.1) is 23.5 Å². The molecule has 7 nitrogen and oxygen atoms in total. The Hall–Kier alpha value is -4.20. The minimum Gasteiger partial charge on any atom is -0.454 e. The summed E-state index contributed by atoms with van der Waals surface area (Å²) < 4.78 is 19.8. The topological polar surface area (TPSA) is 97.0 Å². The number of para-hydroxylation sites is 1. The van der Waals surface area contributed by atoms with Gasteiger partial charge in [-0.3, -0.25) is 4.79 Å². The molecule has 0 unspecified atom stereocenters. The number of benzene rings is 2. The molecule has 8 heteroatoms. The Morgan fingerprint density at radius 3 is 2.86 bits per heavy atom. The van der Waals surface area contributed by atoms with Gasteiger partial charge >= 0.3 is 0 Å². The van der Waals surface area contributed by atoms with E-state index in [2.05, 4.69) is 24.9 Å². The summed E-state index contributed by atoms with van der Waals surface area (Å²) in [4.78, 5) is 32.7. The minimum absolute atomic E-state index is 0.196. The number of aliphatic imine (C=N–C) groups is 1. The molecule has 5 aromatic rings. The molecule has 1 N–H and O–H groups in total. The molecular weight excluding hydrogens is 373 g/mol. The van der Waals surface area contributed by atoms with E-state index in [9.17, 15) is 9.18 Å². The average molecular weight is 385 g/mol. The molecule has 140 valence electrons. The highest BCUT2D eigenvalue weighted by molar-refractivity contribution is 5.94. The van der Waals surface area contributed by atoms with Crippen LogP contribution in [0.3, 0.4) is 0 Å². The molecule has 0 amide bonds. The number of hydrogen-bond donors (Lipinski definition) is 1. The van der Waals surface area contributed by atoms with Gasteiger partial charge in [0.25, 0.3) is 0 Å². The quantitative estimate of drug-likeness (QED) is 0.473. The van der Waals surface area contributed by atoms with Crippen LogP contribution in [0.2, 0.25) is 0 Å². The number of halogens is 1. The molecule has 0 fully saturated rings. The monoisotopic (exact) mass is 385 g/mol. The van der Waals surface area contributed by atoms with Crippen molar-refractivity contribution in [3.63, 3.8) is 0 Å². The molecule has 0 spiro atoms. The van der Waals surface area contributed by atoms with Gasteiger partial charge in [0.1, 0.15) is 17.7 Å². The molecule has 0 aliphatic heterocycles. The number of nitrogens with one attached hydrogen (secondary N) is 1. The van der Waals surface area contributed by atoms with Gasteiger partial charge in [-0.2, -0.15) is 0 Å². The highest BCUT2D eigenvalue weighted by Gasteiger charge is 2.16. The lowest BCUT2D eigenvalue weighted by molar-refractivity contribution is 0.596. The van der Waals surface area contributed by atoms with Crippen molar-refractivity contribution in [3.8, 4) is 11.1 Å². The van der Waals surface area contributed by atoms with Crippen LogP contribution in [0.15, 0.2) is 75.4 Å². The molecule has 0 radical (unpaired) electrons. The Bertz CT molecular complexity index is 1450. The van der Waals surface area contributed by atoms with E-state index in [4.69, 9.17) is 4.42 Å². The Morgan fingerprint density at radius 1 is 1.07 bits per heavy atom. The first-order valence-electron chi connectivity index (χ1n) is 8.70. The Balaban J connectivity index is 1.75. The van der Waals surface area contributed by atoms with E-state index in [1.165, 1.54) is 37.1 Å². The highest BCUT2D eigenvalue weighted by atomic mass is 19.1. The minimum atomic E-state index is -0.452. The first kappa shape index (κ1) is 16.9. The normalized spacial score (nSPS) is 11.6. The number of hydrogen-bond acceptors (Lipinski definition) is 6. The van der Waals surface area contributed by atoms with Gasteiger partial charge in [0.2, 0.25) is 5.43 Å². The van der Waals surface area contributed by atoms with Crippen molar-refractivity contribution in [3.05, 3.63) is 83.0 Å². The van der Waals surface area contributed by atoms with Crippen LogP contribution in [0.4, 0.5) is 10.2 Å².